The molecular formula is C28H46O3. The van der Waals surface area contributed by atoms with Gasteiger partial charge in [0, 0.05) is 18.1 Å². The number of carbonyl (C=O) groups excluding carboxylic acids is 2. The summed E-state index contributed by atoms with van der Waals surface area (Å²) in [5.74, 6) is -0.270. The number of Topliss-reactive ketones (excluding diaryl/α,β-unsaturated/α-hetero) is 1. The molecule has 0 heterocycles. The fraction of sp³-hybridized carbons (Fsp3) is 0.714. The number of unbranched alkanes of at least 4 members (excludes halogenated alkanes) is 14. The normalized spacial score (nSPS) is 12.0. The summed E-state index contributed by atoms with van der Waals surface area (Å²) in [6.45, 7) is 5.28. The van der Waals surface area contributed by atoms with Gasteiger partial charge in [-0.3, -0.25) is 9.59 Å². The molecule has 0 aliphatic heterocycles. The Hall–Kier alpha value is -1.64. The first kappa shape index (κ1) is 27.4. The Labute approximate surface area is 191 Å². The molecule has 3 heteroatoms. The Morgan fingerprint density at radius 3 is 1.61 bits per heavy atom. The van der Waals surface area contributed by atoms with Crippen molar-refractivity contribution in [3.63, 3.8) is 0 Å². The molecule has 3 nitrogen and oxygen atoms in total. The molecule has 1 atom stereocenters. The van der Waals surface area contributed by atoms with E-state index < -0.39 is 0 Å². The summed E-state index contributed by atoms with van der Waals surface area (Å²) in [7, 11) is 0. The quantitative estimate of drug-likeness (QED) is 0.125. The van der Waals surface area contributed by atoms with Crippen LogP contribution in [-0.4, -0.2) is 11.8 Å². The molecule has 0 saturated heterocycles. The Kier molecular flexibility index (Phi) is 15.9. The molecule has 0 spiro atoms. The van der Waals surface area contributed by atoms with Gasteiger partial charge < -0.3 is 4.74 Å². The maximum Gasteiger partial charge on any atom is 0.303 e. The van der Waals surface area contributed by atoms with E-state index in [0.717, 1.165) is 24.8 Å². The number of ether oxygens (including phenoxy) is 1. The van der Waals surface area contributed by atoms with Gasteiger partial charge in [-0.1, -0.05) is 121 Å². The van der Waals surface area contributed by atoms with E-state index in [2.05, 4.69) is 6.92 Å². The minimum absolute atomic E-state index is 0.0178. The van der Waals surface area contributed by atoms with Crippen molar-refractivity contribution in [1.29, 1.82) is 0 Å². The Balaban J connectivity index is 2.13. The standard InChI is InChI=1S/C28H46O3/c1-4-5-6-7-8-9-10-11-12-13-14-15-16-17-18-23-28(31-25(3)30)27-22-20-19-21-26(27)24(2)29/h19-22,28H,4-18,23H2,1-3H3. The lowest BCUT2D eigenvalue weighted by atomic mass is 9.95. The summed E-state index contributed by atoms with van der Waals surface area (Å²) in [5.41, 5.74) is 1.50. The third kappa shape index (κ3) is 13.4. The summed E-state index contributed by atoms with van der Waals surface area (Å²) < 4.78 is 5.56. The molecule has 176 valence electrons. The van der Waals surface area contributed by atoms with Crippen molar-refractivity contribution >= 4 is 11.8 Å². The molecule has 0 saturated carbocycles. The second-order valence-corrected chi connectivity index (χ2v) is 8.98. The van der Waals surface area contributed by atoms with Gasteiger partial charge in [0.25, 0.3) is 0 Å². The Bertz CT molecular complexity index is 608. The monoisotopic (exact) mass is 430 g/mol. The molecule has 0 amide bonds. The zero-order chi connectivity index (χ0) is 22.7. The second kappa shape index (κ2) is 18.0. The molecule has 0 aliphatic rings. The average molecular weight is 431 g/mol. The lowest BCUT2D eigenvalue weighted by Gasteiger charge is -2.19. The number of benzene rings is 1. The first-order chi connectivity index (χ1) is 15.1. The number of hydrogen-bond acceptors (Lipinski definition) is 3. The van der Waals surface area contributed by atoms with Crippen LogP contribution in [0.5, 0.6) is 0 Å². The van der Waals surface area contributed by atoms with Gasteiger partial charge >= 0.3 is 5.97 Å². The molecule has 0 fully saturated rings. The largest absolute Gasteiger partial charge is 0.458 e. The molecule has 0 radical (unpaired) electrons. The summed E-state index contributed by atoms with van der Waals surface area (Å²) >= 11 is 0. The molecule has 0 aromatic heterocycles. The van der Waals surface area contributed by atoms with Gasteiger partial charge in [-0.25, -0.2) is 0 Å². The van der Waals surface area contributed by atoms with Crippen molar-refractivity contribution in [1.82, 2.24) is 0 Å². The zero-order valence-electron chi connectivity index (χ0n) is 20.4. The molecule has 1 rings (SSSR count). The molecule has 1 unspecified atom stereocenters. The molecule has 1 aromatic carbocycles. The highest BCUT2D eigenvalue weighted by molar-refractivity contribution is 5.95. The van der Waals surface area contributed by atoms with Gasteiger partial charge in [-0.05, 0) is 19.8 Å². The fourth-order valence-electron chi connectivity index (χ4n) is 4.28. The van der Waals surface area contributed by atoms with Gasteiger partial charge in [0.1, 0.15) is 6.10 Å². The SMILES string of the molecule is CCCCCCCCCCCCCCCCCC(OC(C)=O)c1ccccc1C(C)=O. The van der Waals surface area contributed by atoms with E-state index in [4.69, 9.17) is 4.74 Å². The molecule has 1 aromatic rings. The highest BCUT2D eigenvalue weighted by Crippen LogP contribution is 2.28. The second-order valence-electron chi connectivity index (χ2n) is 8.98. The number of ketones is 1. The van der Waals surface area contributed by atoms with E-state index in [1.807, 2.05) is 24.3 Å². The maximum atomic E-state index is 11.9. The fourth-order valence-corrected chi connectivity index (χ4v) is 4.28. The number of hydrogen-bond donors (Lipinski definition) is 0. The van der Waals surface area contributed by atoms with Crippen LogP contribution in [0, 0.1) is 0 Å². The lowest BCUT2D eigenvalue weighted by Crippen LogP contribution is -2.12. The number of carbonyl (C=O) groups is 2. The van der Waals surface area contributed by atoms with Crippen LogP contribution >= 0.6 is 0 Å². The van der Waals surface area contributed by atoms with Gasteiger partial charge in [-0.2, -0.15) is 0 Å². The van der Waals surface area contributed by atoms with Crippen LogP contribution in [0.2, 0.25) is 0 Å². The molecular weight excluding hydrogens is 384 g/mol. The summed E-state index contributed by atoms with van der Waals surface area (Å²) in [6, 6.07) is 7.50. The minimum Gasteiger partial charge on any atom is -0.458 e. The van der Waals surface area contributed by atoms with Crippen LogP contribution in [0.1, 0.15) is 146 Å². The molecule has 31 heavy (non-hydrogen) atoms. The van der Waals surface area contributed by atoms with Crippen molar-refractivity contribution in [2.24, 2.45) is 0 Å². The Morgan fingerprint density at radius 2 is 1.16 bits per heavy atom. The molecule has 0 aliphatic carbocycles. The van der Waals surface area contributed by atoms with E-state index in [9.17, 15) is 9.59 Å². The van der Waals surface area contributed by atoms with Gasteiger partial charge in [-0.15, -0.1) is 0 Å². The van der Waals surface area contributed by atoms with Crippen LogP contribution < -0.4 is 0 Å². The predicted octanol–water partition coefficient (Wildman–Crippen LogP) is 8.75. The topological polar surface area (TPSA) is 43.4 Å². The third-order valence-corrected chi connectivity index (χ3v) is 6.07. The number of rotatable bonds is 19. The van der Waals surface area contributed by atoms with Crippen LogP contribution in [0.3, 0.4) is 0 Å². The van der Waals surface area contributed by atoms with Gasteiger partial charge in [0.15, 0.2) is 5.78 Å². The van der Waals surface area contributed by atoms with E-state index in [0.29, 0.717) is 5.56 Å². The average Bonchev–Trinajstić information content (AvgIpc) is 2.75. The van der Waals surface area contributed by atoms with Gasteiger partial charge in [0.2, 0.25) is 0 Å². The summed E-state index contributed by atoms with van der Waals surface area (Å²) in [5, 5.41) is 0. The molecule has 0 bridgehead atoms. The Morgan fingerprint density at radius 1 is 0.710 bits per heavy atom. The first-order valence-corrected chi connectivity index (χ1v) is 12.8. The highest BCUT2D eigenvalue weighted by atomic mass is 16.5. The maximum absolute atomic E-state index is 11.9. The van der Waals surface area contributed by atoms with Crippen LogP contribution in [-0.2, 0) is 9.53 Å². The van der Waals surface area contributed by atoms with Crippen molar-refractivity contribution in [2.75, 3.05) is 0 Å². The van der Waals surface area contributed by atoms with E-state index in [-0.39, 0.29) is 17.9 Å². The molecule has 0 N–H and O–H groups in total. The third-order valence-electron chi connectivity index (χ3n) is 6.07. The van der Waals surface area contributed by atoms with E-state index in [1.54, 1.807) is 6.92 Å². The van der Waals surface area contributed by atoms with Crippen molar-refractivity contribution in [3.8, 4) is 0 Å². The van der Waals surface area contributed by atoms with Crippen LogP contribution in [0.25, 0.3) is 0 Å². The summed E-state index contributed by atoms with van der Waals surface area (Å²) in [6.07, 6.45) is 20.4. The smallest absolute Gasteiger partial charge is 0.303 e. The van der Waals surface area contributed by atoms with Crippen LogP contribution in [0.4, 0.5) is 0 Å². The first-order valence-electron chi connectivity index (χ1n) is 12.8. The van der Waals surface area contributed by atoms with Crippen molar-refractivity contribution < 1.29 is 14.3 Å². The van der Waals surface area contributed by atoms with Crippen LogP contribution in [0.15, 0.2) is 24.3 Å². The number of esters is 1. The van der Waals surface area contributed by atoms with Crippen molar-refractivity contribution in [2.45, 2.75) is 130 Å². The van der Waals surface area contributed by atoms with E-state index in [1.165, 1.54) is 90.4 Å². The zero-order valence-corrected chi connectivity index (χ0v) is 20.4. The lowest BCUT2D eigenvalue weighted by molar-refractivity contribution is -0.147. The minimum atomic E-state index is -0.320. The summed E-state index contributed by atoms with van der Waals surface area (Å²) in [4.78, 5) is 23.5. The highest BCUT2D eigenvalue weighted by Gasteiger charge is 2.19. The van der Waals surface area contributed by atoms with Gasteiger partial charge in [0.05, 0.1) is 0 Å². The predicted molar refractivity (Wildman–Crippen MR) is 130 cm³/mol. The van der Waals surface area contributed by atoms with E-state index >= 15 is 0 Å². The van der Waals surface area contributed by atoms with Crippen molar-refractivity contribution in [3.05, 3.63) is 35.4 Å².